The smallest absolute Gasteiger partial charge is 0.182 e. The Morgan fingerprint density at radius 1 is 1.31 bits per heavy atom. The van der Waals surface area contributed by atoms with Crippen LogP contribution < -0.4 is 10.1 Å². The van der Waals surface area contributed by atoms with E-state index in [0.717, 1.165) is 17.3 Å². The van der Waals surface area contributed by atoms with Crippen molar-refractivity contribution in [2.24, 2.45) is 0 Å². The fourth-order valence-electron chi connectivity index (χ4n) is 1.45. The number of nitrogens with one attached hydrogen (secondary N) is 1. The summed E-state index contributed by atoms with van der Waals surface area (Å²) >= 11 is 1.68. The SMILES string of the molecule is CNc1ncc(Cc2ccc(OC)cc2)s1. The number of methoxy groups -OCH3 is 1. The number of thiazole rings is 1. The van der Waals surface area contributed by atoms with Gasteiger partial charge in [0.25, 0.3) is 0 Å². The summed E-state index contributed by atoms with van der Waals surface area (Å²) < 4.78 is 5.12. The maximum absolute atomic E-state index is 5.12. The van der Waals surface area contributed by atoms with Gasteiger partial charge in [0, 0.05) is 24.5 Å². The second-order valence-corrected chi connectivity index (χ2v) is 4.52. The predicted molar refractivity (Wildman–Crippen MR) is 67.5 cm³/mol. The zero-order valence-electron chi connectivity index (χ0n) is 9.36. The van der Waals surface area contributed by atoms with Crippen molar-refractivity contribution < 1.29 is 4.74 Å². The van der Waals surface area contributed by atoms with Crippen LogP contribution >= 0.6 is 11.3 Å². The number of benzene rings is 1. The summed E-state index contributed by atoms with van der Waals surface area (Å²) in [6.45, 7) is 0. The molecule has 0 aliphatic heterocycles. The second kappa shape index (κ2) is 4.99. The van der Waals surface area contributed by atoms with Gasteiger partial charge in [0.15, 0.2) is 5.13 Å². The highest BCUT2D eigenvalue weighted by Gasteiger charge is 2.01. The topological polar surface area (TPSA) is 34.2 Å². The molecule has 0 saturated carbocycles. The molecule has 84 valence electrons. The Kier molecular flexibility index (Phi) is 3.41. The largest absolute Gasteiger partial charge is 0.497 e. The Balaban J connectivity index is 2.08. The molecule has 4 heteroatoms. The molecule has 2 aromatic rings. The molecule has 0 atom stereocenters. The highest BCUT2D eigenvalue weighted by molar-refractivity contribution is 7.15. The van der Waals surface area contributed by atoms with E-state index in [0.29, 0.717) is 0 Å². The quantitative estimate of drug-likeness (QED) is 0.883. The van der Waals surface area contributed by atoms with Crippen LogP contribution in [0.3, 0.4) is 0 Å². The van der Waals surface area contributed by atoms with Gasteiger partial charge in [-0.15, -0.1) is 11.3 Å². The summed E-state index contributed by atoms with van der Waals surface area (Å²) in [5.74, 6) is 0.893. The lowest BCUT2D eigenvalue weighted by molar-refractivity contribution is 0.414. The van der Waals surface area contributed by atoms with Crippen LogP contribution in [0.15, 0.2) is 30.5 Å². The molecule has 0 saturated heterocycles. The Labute approximate surface area is 99.1 Å². The van der Waals surface area contributed by atoms with Crippen LogP contribution in [-0.2, 0) is 6.42 Å². The van der Waals surface area contributed by atoms with E-state index in [1.54, 1.807) is 18.4 Å². The molecule has 0 aliphatic rings. The zero-order valence-corrected chi connectivity index (χ0v) is 10.2. The number of hydrogen-bond acceptors (Lipinski definition) is 4. The van der Waals surface area contributed by atoms with E-state index in [2.05, 4.69) is 22.4 Å². The summed E-state index contributed by atoms with van der Waals surface area (Å²) in [5, 5.41) is 4.00. The van der Waals surface area contributed by atoms with Crippen molar-refractivity contribution in [3.63, 3.8) is 0 Å². The standard InChI is InChI=1S/C12H14N2OS/c1-13-12-14-8-11(16-12)7-9-3-5-10(15-2)6-4-9/h3-6,8H,7H2,1-2H3,(H,13,14). The summed E-state index contributed by atoms with van der Waals surface area (Å²) in [4.78, 5) is 5.51. The maximum atomic E-state index is 5.12. The van der Waals surface area contributed by atoms with Gasteiger partial charge in [-0.1, -0.05) is 12.1 Å². The molecule has 0 unspecified atom stereocenters. The van der Waals surface area contributed by atoms with E-state index in [1.807, 2.05) is 25.4 Å². The van der Waals surface area contributed by atoms with Crippen LogP contribution in [-0.4, -0.2) is 19.1 Å². The van der Waals surface area contributed by atoms with Crippen LogP contribution in [0.5, 0.6) is 5.75 Å². The summed E-state index contributed by atoms with van der Waals surface area (Å²) in [5.41, 5.74) is 1.27. The molecule has 1 aromatic carbocycles. The van der Waals surface area contributed by atoms with Crippen LogP contribution in [0.1, 0.15) is 10.4 Å². The van der Waals surface area contributed by atoms with Crippen molar-refractivity contribution in [3.8, 4) is 5.75 Å². The van der Waals surface area contributed by atoms with E-state index >= 15 is 0 Å². The number of hydrogen-bond donors (Lipinski definition) is 1. The van der Waals surface area contributed by atoms with Gasteiger partial charge in [-0.3, -0.25) is 0 Å². The van der Waals surface area contributed by atoms with E-state index in [9.17, 15) is 0 Å². The molecule has 0 fully saturated rings. The van der Waals surface area contributed by atoms with Crippen molar-refractivity contribution in [1.29, 1.82) is 0 Å². The van der Waals surface area contributed by atoms with Gasteiger partial charge < -0.3 is 10.1 Å². The molecule has 0 amide bonds. The van der Waals surface area contributed by atoms with Gasteiger partial charge >= 0.3 is 0 Å². The minimum Gasteiger partial charge on any atom is -0.497 e. The molecule has 3 nitrogen and oxygen atoms in total. The van der Waals surface area contributed by atoms with E-state index in [4.69, 9.17) is 4.74 Å². The number of aromatic nitrogens is 1. The normalized spacial score (nSPS) is 10.1. The minimum absolute atomic E-state index is 0.893. The van der Waals surface area contributed by atoms with Crippen molar-refractivity contribution in [1.82, 2.24) is 4.98 Å². The lowest BCUT2D eigenvalue weighted by Gasteiger charge is -2.01. The highest BCUT2D eigenvalue weighted by atomic mass is 32.1. The third-order valence-electron chi connectivity index (χ3n) is 2.30. The second-order valence-electron chi connectivity index (χ2n) is 3.41. The van der Waals surface area contributed by atoms with Gasteiger partial charge in [0.1, 0.15) is 5.75 Å². The number of anilines is 1. The third-order valence-corrected chi connectivity index (χ3v) is 3.32. The number of rotatable bonds is 4. The minimum atomic E-state index is 0.893. The molecule has 1 aromatic heterocycles. The Hall–Kier alpha value is -1.55. The summed E-state index contributed by atoms with van der Waals surface area (Å²) in [6, 6.07) is 8.12. The number of ether oxygens (including phenoxy) is 1. The first-order chi connectivity index (χ1) is 7.81. The molecule has 2 rings (SSSR count). The predicted octanol–water partition coefficient (Wildman–Crippen LogP) is 2.78. The van der Waals surface area contributed by atoms with Gasteiger partial charge in [-0.05, 0) is 17.7 Å². The zero-order chi connectivity index (χ0) is 11.4. The van der Waals surface area contributed by atoms with Crippen LogP contribution in [0.4, 0.5) is 5.13 Å². The Bertz CT molecular complexity index is 450. The van der Waals surface area contributed by atoms with Crippen molar-refractivity contribution >= 4 is 16.5 Å². The van der Waals surface area contributed by atoms with E-state index in [1.165, 1.54) is 10.4 Å². The van der Waals surface area contributed by atoms with Crippen LogP contribution in [0.2, 0.25) is 0 Å². The third kappa shape index (κ3) is 2.52. The van der Waals surface area contributed by atoms with Gasteiger partial charge in [-0.25, -0.2) is 4.98 Å². The van der Waals surface area contributed by atoms with E-state index < -0.39 is 0 Å². The highest BCUT2D eigenvalue weighted by Crippen LogP contribution is 2.21. The van der Waals surface area contributed by atoms with Gasteiger partial charge in [0.05, 0.1) is 7.11 Å². The Morgan fingerprint density at radius 3 is 2.62 bits per heavy atom. The summed E-state index contributed by atoms with van der Waals surface area (Å²) in [7, 11) is 3.56. The first-order valence-corrected chi connectivity index (χ1v) is 5.89. The monoisotopic (exact) mass is 234 g/mol. The van der Waals surface area contributed by atoms with Crippen molar-refractivity contribution in [2.75, 3.05) is 19.5 Å². The fourth-order valence-corrected chi connectivity index (χ4v) is 2.25. The van der Waals surface area contributed by atoms with Crippen molar-refractivity contribution in [3.05, 3.63) is 40.9 Å². The first-order valence-electron chi connectivity index (χ1n) is 5.07. The number of nitrogens with zero attached hydrogens (tertiary/aromatic N) is 1. The van der Waals surface area contributed by atoms with Gasteiger partial charge in [0.2, 0.25) is 0 Å². The first kappa shape index (κ1) is 11.0. The molecule has 1 N–H and O–H groups in total. The molecular formula is C12H14N2OS. The molecule has 0 spiro atoms. The molecule has 1 heterocycles. The van der Waals surface area contributed by atoms with Crippen LogP contribution in [0.25, 0.3) is 0 Å². The van der Waals surface area contributed by atoms with Gasteiger partial charge in [-0.2, -0.15) is 0 Å². The maximum Gasteiger partial charge on any atom is 0.182 e. The lowest BCUT2D eigenvalue weighted by Crippen LogP contribution is -1.86. The molecule has 0 radical (unpaired) electrons. The fraction of sp³-hybridized carbons (Fsp3) is 0.250. The lowest BCUT2D eigenvalue weighted by atomic mass is 10.1. The average Bonchev–Trinajstić information content (AvgIpc) is 2.78. The molecule has 16 heavy (non-hydrogen) atoms. The summed E-state index contributed by atoms with van der Waals surface area (Å²) in [6.07, 6.45) is 2.84. The molecule has 0 bridgehead atoms. The van der Waals surface area contributed by atoms with Crippen molar-refractivity contribution in [2.45, 2.75) is 6.42 Å². The Morgan fingerprint density at radius 2 is 2.06 bits per heavy atom. The van der Waals surface area contributed by atoms with Crippen LogP contribution in [0, 0.1) is 0 Å². The van der Waals surface area contributed by atoms with E-state index in [-0.39, 0.29) is 0 Å². The molecular weight excluding hydrogens is 220 g/mol. The average molecular weight is 234 g/mol. The molecule has 0 aliphatic carbocycles.